The van der Waals surface area contributed by atoms with Crippen LogP contribution in [-0.4, -0.2) is 70.0 Å². The number of nitrogens with zero attached hydrogens (tertiary/aromatic N) is 1. The molecule has 416 valence electrons. The van der Waals surface area contributed by atoms with E-state index in [0.717, 1.165) is 89.9 Å². The SMILES string of the molecule is CC/C=C\C/C=C\C/C=C\C/C=C\C/C=C\C/C=C\C/C=C\CCCCCCCCCC(=O)OC(COC(=O)CCCCCCCCCCCCCCCCCCCCC)COP(=O)([O-])OCC[N+](C)(C)C. The van der Waals surface area contributed by atoms with E-state index in [-0.39, 0.29) is 32.0 Å². The van der Waals surface area contributed by atoms with E-state index in [1.165, 1.54) is 122 Å². The van der Waals surface area contributed by atoms with Gasteiger partial charge in [0.2, 0.25) is 0 Å². The second-order valence-electron chi connectivity index (χ2n) is 20.6. The Balaban J connectivity index is 4.21. The molecule has 0 aromatic rings. The van der Waals surface area contributed by atoms with Crippen LogP contribution in [0.2, 0.25) is 0 Å². The molecule has 0 aromatic carbocycles. The highest BCUT2D eigenvalue weighted by Crippen LogP contribution is 2.38. The van der Waals surface area contributed by atoms with Crippen LogP contribution in [-0.2, 0) is 32.7 Å². The average molecular weight is 1030 g/mol. The maximum atomic E-state index is 12.8. The molecule has 0 heterocycles. The van der Waals surface area contributed by atoms with Gasteiger partial charge in [-0.1, -0.05) is 247 Å². The van der Waals surface area contributed by atoms with Crippen LogP contribution in [0.1, 0.15) is 245 Å². The second-order valence-corrected chi connectivity index (χ2v) is 22.0. The number of quaternary nitrogens is 1. The van der Waals surface area contributed by atoms with Gasteiger partial charge in [0.05, 0.1) is 27.7 Å². The Labute approximate surface area is 443 Å². The van der Waals surface area contributed by atoms with E-state index >= 15 is 0 Å². The van der Waals surface area contributed by atoms with Crippen molar-refractivity contribution in [3.05, 3.63) is 85.1 Å². The number of allylic oxidation sites excluding steroid dienone is 14. The van der Waals surface area contributed by atoms with Gasteiger partial charge in [-0.2, -0.15) is 0 Å². The van der Waals surface area contributed by atoms with Crippen LogP contribution in [0, 0.1) is 0 Å². The van der Waals surface area contributed by atoms with Crippen LogP contribution in [0.25, 0.3) is 0 Å². The largest absolute Gasteiger partial charge is 0.756 e. The van der Waals surface area contributed by atoms with Gasteiger partial charge in [-0.25, -0.2) is 0 Å². The third-order valence-corrected chi connectivity index (χ3v) is 13.4. The van der Waals surface area contributed by atoms with Crippen molar-refractivity contribution in [1.29, 1.82) is 0 Å². The standard InChI is InChI=1S/C62H110NO8P/c1-6-8-10-12-14-16-18-20-22-24-26-27-28-29-30-31-32-33-34-35-37-39-41-43-45-47-49-51-53-55-62(65)71-60(59-70-72(66,67)69-57-56-63(3,4)5)58-68-61(64)54-52-50-48-46-44-42-40-38-36-25-23-21-19-17-15-13-11-9-7-2/h8,10,14,16,20,22,26-27,29-30,32-33,35,37,60H,6-7,9,11-13,15,17-19,21,23-25,28,31,34,36,38-59H2,1-5H3/b10-8-,16-14-,22-20-,27-26-,30-29-,33-32-,37-35-. The molecule has 2 unspecified atom stereocenters. The smallest absolute Gasteiger partial charge is 0.306 e. The number of hydrogen-bond donors (Lipinski definition) is 0. The molecular weight excluding hydrogens is 918 g/mol. The predicted molar refractivity (Wildman–Crippen MR) is 305 cm³/mol. The summed E-state index contributed by atoms with van der Waals surface area (Å²) in [5.41, 5.74) is 0. The van der Waals surface area contributed by atoms with Crippen LogP contribution >= 0.6 is 7.82 Å². The third kappa shape index (κ3) is 56.5. The normalized spacial score (nSPS) is 13.9. The Kier molecular flexibility index (Phi) is 51.0. The Bertz CT molecular complexity index is 1490. The van der Waals surface area contributed by atoms with Gasteiger partial charge < -0.3 is 27.9 Å². The zero-order chi connectivity index (χ0) is 52.7. The van der Waals surface area contributed by atoms with Gasteiger partial charge in [-0.15, -0.1) is 0 Å². The molecule has 72 heavy (non-hydrogen) atoms. The van der Waals surface area contributed by atoms with Gasteiger partial charge >= 0.3 is 11.9 Å². The number of phosphoric ester groups is 1. The minimum absolute atomic E-state index is 0.0358. The van der Waals surface area contributed by atoms with Crippen molar-refractivity contribution in [1.82, 2.24) is 0 Å². The Morgan fingerprint density at radius 1 is 0.444 bits per heavy atom. The van der Waals surface area contributed by atoms with Gasteiger partial charge in [-0.05, 0) is 70.6 Å². The lowest BCUT2D eigenvalue weighted by Crippen LogP contribution is -2.37. The van der Waals surface area contributed by atoms with E-state index in [1.54, 1.807) is 0 Å². The lowest BCUT2D eigenvalue weighted by molar-refractivity contribution is -0.870. The van der Waals surface area contributed by atoms with E-state index in [2.05, 4.69) is 98.9 Å². The highest BCUT2D eigenvalue weighted by Gasteiger charge is 2.22. The molecule has 0 saturated carbocycles. The Morgan fingerprint density at radius 3 is 1.18 bits per heavy atom. The summed E-state index contributed by atoms with van der Waals surface area (Å²) in [4.78, 5) is 37.9. The Hall–Kier alpha value is -2.81. The molecule has 0 saturated heterocycles. The van der Waals surface area contributed by atoms with Crippen molar-refractivity contribution in [3.8, 4) is 0 Å². The monoisotopic (exact) mass is 1030 g/mol. The van der Waals surface area contributed by atoms with Crippen molar-refractivity contribution in [2.24, 2.45) is 0 Å². The molecule has 0 N–H and O–H groups in total. The van der Waals surface area contributed by atoms with E-state index in [0.29, 0.717) is 17.4 Å². The first-order valence-electron chi connectivity index (χ1n) is 29.3. The average Bonchev–Trinajstić information content (AvgIpc) is 3.34. The molecule has 0 aliphatic heterocycles. The maximum Gasteiger partial charge on any atom is 0.306 e. The molecule has 0 aliphatic carbocycles. The van der Waals surface area contributed by atoms with Crippen molar-refractivity contribution in [3.63, 3.8) is 0 Å². The first-order chi connectivity index (χ1) is 35.0. The van der Waals surface area contributed by atoms with Gasteiger partial charge in [0.1, 0.15) is 19.8 Å². The van der Waals surface area contributed by atoms with E-state index in [9.17, 15) is 19.0 Å². The van der Waals surface area contributed by atoms with Gasteiger partial charge in [0.15, 0.2) is 6.10 Å². The number of hydrogen-bond acceptors (Lipinski definition) is 8. The Morgan fingerprint density at radius 2 is 0.792 bits per heavy atom. The fourth-order valence-corrected chi connectivity index (χ4v) is 8.66. The van der Waals surface area contributed by atoms with Gasteiger partial charge in [0, 0.05) is 12.8 Å². The highest BCUT2D eigenvalue weighted by atomic mass is 31.2. The van der Waals surface area contributed by atoms with Crippen molar-refractivity contribution < 1.29 is 42.1 Å². The summed E-state index contributed by atoms with van der Waals surface area (Å²) in [6.07, 6.45) is 70.5. The lowest BCUT2D eigenvalue weighted by atomic mass is 10.0. The molecule has 0 spiro atoms. The predicted octanol–water partition coefficient (Wildman–Crippen LogP) is 17.6. The number of esters is 2. The van der Waals surface area contributed by atoms with E-state index in [1.807, 2.05) is 21.1 Å². The molecule has 10 heteroatoms. The number of phosphoric acid groups is 1. The zero-order valence-corrected chi connectivity index (χ0v) is 48.0. The molecule has 0 aromatic heterocycles. The van der Waals surface area contributed by atoms with Crippen LogP contribution in [0.15, 0.2) is 85.1 Å². The molecule has 0 rings (SSSR count). The number of likely N-dealkylation sites (N-methyl/N-ethyl adjacent to an activating group) is 1. The molecule has 0 amide bonds. The second kappa shape index (κ2) is 53.0. The number of carbonyl (C=O) groups is 2. The first-order valence-corrected chi connectivity index (χ1v) is 30.8. The summed E-state index contributed by atoms with van der Waals surface area (Å²) in [6.45, 7) is 4.13. The zero-order valence-electron chi connectivity index (χ0n) is 47.1. The minimum atomic E-state index is -4.64. The first kappa shape index (κ1) is 69.2. The summed E-state index contributed by atoms with van der Waals surface area (Å²) >= 11 is 0. The molecule has 9 nitrogen and oxygen atoms in total. The summed E-state index contributed by atoms with van der Waals surface area (Å²) < 4.78 is 34.2. The molecule has 0 bridgehead atoms. The number of rotatable bonds is 53. The van der Waals surface area contributed by atoms with Crippen LogP contribution in [0.3, 0.4) is 0 Å². The quantitative estimate of drug-likeness (QED) is 0.0195. The molecule has 2 atom stereocenters. The summed E-state index contributed by atoms with van der Waals surface area (Å²) in [7, 11) is 1.15. The van der Waals surface area contributed by atoms with E-state index < -0.39 is 26.5 Å². The number of unbranched alkanes of at least 4 members (excludes halogenated alkanes) is 25. The number of ether oxygens (including phenoxy) is 2. The van der Waals surface area contributed by atoms with Gasteiger partial charge in [-0.3, -0.25) is 14.2 Å². The van der Waals surface area contributed by atoms with Crippen molar-refractivity contribution in [2.45, 2.75) is 251 Å². The summed E-state index contributed by atoms with van der Waals surface area (Å²) in [5.74, 6) is -0.842. The fourth-order valence-electron chi connectivity index (χ4n) is 7.93. The molecule has 0 aliphatic rings. The van der Waals surface area contributed by atoms with Gasteiger partial charge in [0.25, 0.3) is 7.82 Å². The third-order valence-electron chi connectivity index (χ3n) is 12.4. The summed E-state index contributed by atoms with van der Waals surface area (Å²) in [6, 6.07) is 0. The van der Waals surface area contributed by atoms with Crippen LogP contribution in [0.5, 0.6) is 0 Å². The number of carbonyl (C=O) groups excluding carboxylic acids is 2. The highest BCUT2D eigenvalue weighted by molar-refractivity contribution is 7.45. The van der Waals surface area contributed by atoms with E-state index in [4.69, 9.17) is 18.5 Å². The van der Waals surface area contributed by atoms with Crippen molar-refractivity contribution >= 4 is 19.8 Å². The molecular formula is C62H110NO8P. The minimum Gasteiger partial charge on any atom is -0.756 e. The van der Waals surface area contributed by atoms with Crippen LogP contribution in [0.4, 0.5) is 0 Å². The van der Waals surface area contributed by atoms with Crippen molar-refractivity contribution in [2.75, 3.05) is 47.5 Å². The summed E-state index contributed by atoms with van der Waals surface area (Å²) in [5, 5.41) is 0. The maximum absolute atomic E-state index is 12.8. The molecule has 0 fully saturated rings. The fraction of sp³-hybridized carbons (Fsp3) is 0.742. The lowest BCUT2D eigenvalue weighted by Gasteiger charge is -2.28. The molecule has 0 radical (unpaired) electrons. The van der Waals surface area contributed by atoms with Crippen LogP contribution < -0.4 is 4.89 Å². The topological polar surface area (TPSA) is 111 Å².